The SMILES string of the molecule is O=C(NCC(CO)(CC1CCCCC1)NC(=O)NC1CCC(CCN2C3CCC2c2ccccc23)CC1)NC1CCC(CCN2C3CCC2c2ccccc23)CC1. The molecule has 5 atom stereocenters. The van der Waals surface area contributed by atoms with Gasteiger partial charge in [0.2, 0.25) is 0 Å². The van der Waals surface area contributed by atoms with Crippen molar-refractivity contribution in [3.05, 3.63) is 70.8 Å². The number of hydrogen-bond donors (Lipinski definition) is 5. The van der Waals surface area contributed by atoms with E-state index >= 15 is 0 Å². The largest absolute Gasteiger partial charge is 0.394 e. The van der Waals surface area contributed by atoms with Crippen molar-refractivity contribution in [3.63, 3.8) is 0 Å². The first-order chi connectivity index (χ1) is 27.9. The molecular weight excluding hydrogens is 709 g/mol. The molecule has 2 aromatic carbocycles. The van der Waals surface area contributed by atoms with Gasteiger partial charge in [0.1, 0.15) is 0 Å². The van der Waals surface area contributed by atoms with Crippen LogP contribution >= 0.6 is 0 Å². The van der Waals surface area contributed by atoms with Gasteiger partial charge in [-0.3, -0.25) is 9.80 Å². The molecule has 57 heavy (non-hydrogen) atoms. The normalized spacial score (nSPS) is 32.0. The minimum atomic E-state index is -0.889. The Morgan fingerprint density at radius 1 is 0.561 bits per heavy atom. The van der Waals surface area contributed by atoms with Crippen LogP contribution in [0.25, 0.3) is 0 Å². The van der Waals surface area contributed by atoms with Crippen molar-refractivity contribution in [2.45, 2.75) is 170 Å². The van der Waals surface area contributed by atoms with Gasteiger partial charge in [-0.15, -0.1) is 0 Å². The van der Waals surface area contributed by atoms with E-state index in [1.54, 1.807) is 22.3 Å². The summed E-state index contributed by atoms with van der Waals surface area (Å²) in [6, 6.07) is 20.5. The van der Waals surface area contributed by atoms with Crippen LogP contribution in [0.1, 0.15) is 175 Å². The summed E-state index contributed by atoms with van der Waals surface area (Å²) in [7, 11) is 0. The van der Waals surface area contributed by atoms with Crippen molar-refractivity contribution in [1.82, 2.24) is 31.1 Å². The zero-order valence-electron chi connectivity index (χ0n) is 34.4. The highest BCUT2D eigenvalue weighted by atomic mass is 16.3. The third-order valence-corrected chi connectivity index (χ3v) is 16.1. The minimum absolute atomic E-state index is 0.146. The van der Waals surface area contributed by atoms with E-state index in [9.17, 15) is 14.7 Å². The number of aliphatic hydroxyl groups excluding tert-OH is 1. The minimum Gasteiger partial charge on any atom is -0.394 e. The molecule has 9 rings (SSSR count). The van der Waals surface area contributed by atoms with Gasteiger partial charge in [0.25, 0.3) is 0 Å². The van der Waals surface area contributed by atoms with E-state index in [2.05, 4.69) is 79.6 Å². The topological polar surface area (TPSA) is 109 Å². The third kappa shape index (κ3) is 8.63. The Hall–Kier alpha value is -3.14. The first-order valence-corrected chi connectivity index (χ1v) is 23.4. The molecule has 4 heterocycles. The van der Waals surface area contributed by atoms with E-state index < -0.39 is 5.54 Å². The van der Waals surface area contributed by atoms with Crippen LogP contribution in [0.4, 0.5) is 9.59 Å². The Morgan fingerprint density at radius 3 is 1.44 bits per heavy atom. The maximum absolute atomic E-state index is 13.7. The zero-order chi connectivity index (χ0) is 38.8. The molecule has 4 amide bonds. The van der Waals surface area contributed by atoms with Gasteiger partial charge in [0, 0.05) is 42.8 Å². The van der Waals surface area contributed by atoms with Crippen molar-refractivity contribution < 1.29 is 14.7 Å². The van der Waals surface area contributed by atoms with Crippen molar-refractivity contribution in [2.24, 2.45) is 17.8 Å². The number of nitrogens with one attached hydrogen (secondary N) is 4. The molecule has 3 aliphatic carbocycles. The summed E-state index contributed by atoms with van der Waals surface area (Å²) in [6.45, 7) is 2.38. The standard InChI is InChI=1S/C48H70N6O3/c55-32-48(30-35-8-2-1-3-9-35,52-47(57)51-37-20-16-34(17-21-37)27-29-54-44-24-25-45(54)41-13-7-6-12-40(41)44)31-49-46(56)50-36-18-14-33(15-19-36)26-28-53-42-22-23-43(53)39-11-5-4-10-38(39)42/h4-7,10-13,33-37,42-45,55H,1-3,8-9,14-32H2,(H2,49,50,56)(H2,51,52,57). The van der Waals surface area contributed by atoms with Crippen LogP contribution in [-0.2, 0) is 0 Å². The predicted octanol–water partition coefficient (Wildman–Crippen LogP) is 8.97. The summed E-state index contributed by atoms with van der Waals surface area (Å²) < 4.78 is 0. The number of nitrogens with zero attached hydrogens (tertiary/aromatic N) is 2. The first kappa shape index (κ1) is 39.3. The molecule has 310 valence electrons. The van der Waals surface area contributed by atoms with Crippen LogP contribution < -0.4 is 21.3 Å². The van der Waals surface area contributed by atoms with Crippen LogP contribution in [0.2, 0.25) is 0 Å². The first-order valence-electron chi connectivity index (χ1n) is 23.4. The molecule has 2 saturated heterocycles. The van der Waals surface area contributed by atoms with E-state index in [1.807, 2.05) is 0 Å². The number of carbonyl (C=O) groups is 2. The lowest BCUT2D eigenvalue weighted by Gasteiger charge is -2.38. The number of benzene rings is 2. The number of amides is 4. The van der Waals surface area contributed by atoms with Gasteiger partial charge in [-0.1, -0.05) is 80.6 Å². The van der Waals surface area contributed by atoms with E-state index in [1.165, 1.54) is 70.9 Å². The monoisotopic (exact) mass is 779 g/mol. The molecule has 9 heteroatoms. The fourth-order valence-corrected chi connectivity index (χ4v) is 13.0. The van der Waals surface area contributed by atoms with Crippen molar-refractivity contribution in [1.29, 1.82) is 0 Å². The van der Waals surface area contributed by atoms with E-state index in [4.69, 9.17) is 0 Å². The molecule has 2 aromatic rings. The molecule has 0 radical (unpaired) electrons. The van der Waals surface area contributed by atoms with Crippen molar-refractivity contribution in [2.75, 3.05) is 26.2 Å². The summed E-state index contributed by atoms with van der Waals surface area (Å²) >= 11 is 0. The van der Waals surface area contributed by atoms with Crippen LogP contribution in [0, 0.1) is 17.8 Å². The molecular formula is C48H70N6O3. The van der Waals surface area contributed by atoms with Gasteiger partial charge in [-0.2, -0.15) is 0 Å². The molecule has 9 nitrogen and oxygen atoms in total. The van der Waals surface area contributed by atoms with Crippen LogP contribution in [0.15, 0.2) is 48.5 Å². The highest BCUT2D eigenvalue weighted by molar-refractivity contribution is 5.76. The summed E-state index contributed by atoms with van der Waals surface area (Å²) in [5.41, 5.74) is 5.36. The second kappa shape index (κ2) is 17.6. The number of aliphatic hydroxyl groups is 1. The Labute approximate surface area is 341 Å². The lowest BCUT2D eigenvalue weighted by atomic mass is 9.79. The molecule has 3 saturated carbocycles. The summed E-state index contributed by atoms with van der Waals surface area (Å²) in [5, 5.41) is 23.8. The fourth-order valence-electron chi connectivity index (χ4n) is 13.0. The number of urea groups is 2. The van der Waals surface area contributed by atoms with Crippen LogP contribution in [0.3, 0.4) is 0 Å². The average Bonchev–Trinajstić information content (AvgIpc) is 4.01. The van der Waals surface area contributed by atoms with E-state index in [0.29, 0.717) is 48.3 Å². The molecule has 5 fully saturated rings. The number of rotatable bonds is 14. The maximum atomic E-state index is 13.7. The Kier molecular flexibility index (Phi) is 12.1. The smallest absolute Gasteiger partial charge is 0.315 e. The maximum Gasteiger partial charge on any atom is 0.315 e. The lowest BCUT2D eigenvalue weighted by Crippen LogP contribution is -2.62. The summed E-state index contributed by atoms with van der Waals surface area (Å²) in [4.78, 5) is 32.5. The number of fused-ring (bicyclic) bond motifs is 10. The molecule has 5 N–H and O–H groups in total. The lowest BCUT2D eigenvalue weighted by molar-refractivity contribution is 0.123. The van der Waals surface area contributed by atoms with Crippen molar-refractivity contribution in [3.8, 4) is 0 Å². The van der Waals surface area contributed by atoms with Gasteiger partial charge in [0.15, 0.2) is 0 Å². The highest BCUT2D eigenvalue weighted by Gasteiger charge is 2.45. The highest BCUT2D eigenvalue weighted by Crippen LogP contribution is 2.54. The molecule has 4 aliphatic heterocycles. The van der Waals surface area contributed by atoms with Gasteiger partial charge in [-0.25, -0.2) is 9.59 Å². The Balaban J connectivity index is 0.711. The summed E-state index contributed by atoms with van der Waals surface area (Å²) in [5.74, 6) is 1.86. The molecule has 4 bridgehead atoms. The second-order valence-electron chi connectivity index (χ2n) is 19.5. The van der Waals surface area contributed by atoms with Gasteiger partial charge in [0.05, 0.1) is 12.1 Å². The van der Waals surface area contributed by atoms with Gasteiger partial charge < -0.3 is 26.4 Å². The summed E-state index contributed by atoms with van der Waals surface area (Å²) in [6.07, 6.45) is 22.8. The van der Waals surface area contributed by atoms with Crippen molar-refractivity contribution >= 4 is 12.1 Å². The molecule has 5 unspecified atom stereocenters. The second-order valence-corrected chi connectivity index (χ2v) is 19.5. The average molecular weight is 779 g/mol. The van der Waals surface area contributed by atoms with E-state index in [-0.39, 0.29) is 37.3 Å². The Bertz CT molecular complexity index is 1620. The quantitative estimate of drug-likeness (QED) is 0.132. The predicted molar refractivity (Wildman–Crippen MR) is 226 cm³/mol. The fraction of sp³-hybridized carbons (Fsp3) is 0.708. The number of carbonyl (C=O) groups excluding carboxylic acids is 2. The Morgan fingerprint density at radius 2 is 1.00 bits per heavy atom. The van der Waals surface area contributed by atoms with Gasteiger partial charge in [-0.05, 0) is 149 Å². The zero-order valence-corrected chi connectivity index (χ0v) is 34.4. The number of hydrogen-bond acceptors (Lipinski definition) is 5. The molecule has 7 aliphatic rings. The van der Waals surface area contributed by atoms with Crippen LogP contribution in [0.5, 0.6) is 0 Å². The molecule has 0 spiro atoms. The van der Waals surface area contributed by atoms with Crippen LogP contribution in [-0.4, -0.2) is 70.8 Å². The third-order valence-electron chi connectivity index (χ3n) is 16.1. The molecule has 0 aromatic heterocycles. The van der Waals surface area contributed by atoms with Gasteiger partial charge >= 0.3 is 12.1 Å². The van der Waals surface area contributed by atoms with E-state index in [0.717, 1.165) is 64.2 Å².